The van der Waals surface area contributed by atoms with Gasteiger partial charge in [-0.25, -0.2) is 4.79 Å². The molecule has 0 unspecified atom stereocenters. The number of fused-ring (bicyclic) bond motifs is 1. The molecule has 43 heavy (non-hydrogen) atoms. The van der Waals surface area contributed by atoms with Crippen LogP contribution in [0.3, 0.4) is 0 Å². The zero-order valence-corrected chi connectivity index (χ0v) is 24.9. The lowest BCUT2D eigenvalue weighted by atomic mass is 9.54. The van der Waals surface area contributed by atoms with E-state index < -0.39 is 53.1 Å². The van der Waals surface area contributed by atoms with Crippen LogP contribution in [0.5, 0.6) is 5.75 Å². The van der Waals surface area contributed by atoms with Gasteiger partial charge in [0.25, 0.3) is 0 Å². The molecule has 0 aromatic heterocycles. The number of esters is 2. The van der Waals surface area contributed by atoms with Gasteiger partial charge >= 0.3 is 17.9 Å². The minimum Gasteiger partial charge on any atom is -0.481 e. The number of carboxylic acids is 1. The van der Waals surface area contributed by atoms with Gasteiger partial charge in [-0.2, -0.15) is 0 Å². The smallest absolute Gasteiger partial charge is 0.352 e. The van der Waals surface area contributed by atoms with Crippen molar-refractivity contribution in [2.24, 2.45) is 5.73 Å². The molecule has 1 amide bonds. The van der Waals surface area contributed by atoms with Gasteiger partial charge in [0.15, 0.2) is 12.2 Å². The number of carboxylic acid groups (broad SMARTS) is 1. The Morgan fingerprint density at radius 1 is 1.26 bits per heavy atom. The lowest BCUT2D eigenvalue weighted by Crippen LogP contribution is -2.71. The van der Waals surface area contributed by atoms with Gasteiger partial charge in [-0.05, 0) is 58.8 Å². The SMILES string of the molecule is Cc1ccc(CO)c2c1[C@]13CCN(C)[C@H](C)[C@]1(O)CC=C(OC(=O)[C@H](C)OC(=O)CCNC(=O)[C@@H](N)CCC(=O)O)[C@@H]3O2. The van der Waals surface area contributed by atoms with Gasteiger partial charge in [-0.3, -0.25) is 14.4 Å². The van der Waals surface area contributed by atoms with E-state index in [0.717, 1.165) is 11.1 Å². The van der Waals surface area contributed by atoms with Crippen molar-refractivity contribution < 1.29 is 48.7 Å². The summed E-state index contributed by atoms with van der Waals surface area (Å²) in [5.74, 6) is -2.58. The first-order valence-corrected chi connectivity index (χ1v) is 14.5. The molecule has 1 fully saturated rings. The molecule has 6 atom stereocenters. The Morgan fingerprint density at radius 3 is 2.65 bits per heavy atom. The normalized spacial score (nSPS) is 27.4. The Morgan fingerprint density at radius 2 is 1.98 bits per heavy atom. The average Bonchev–Trinajstić information content (AvgIpc) is 3.33. The highest BCUT2D eigenvalue weighted by Gasteiger charge is 2.69. The first-order valence-electron chi connectivity index (χ1n) is 14.5. The number of hydrogen-bond donors (Lipinski definition) is 5. The lowest BCUT2D eigenvalue weighted by Gasteiger charge is -2.58. The van der Waals surface area contributed by atoms with E-state index in [1.165, 1.54) is 6.92 Å². The predicted octanol–water partition coefficient (Wildman–Crippen LogP) is 0.402. The highest BCUT2D eigenvalue weighted by atomic mass is 16.6. The van der Waals surface area contributed by atoms with Gasteiger partial charge in [-0.1, -0.05) is 12.1 Å². The minimum absolute atomic E-state index is 0.0463. The van der Waals surface area contributed by atoms with Crippen LogP contribution in [0, 0.1) is 6.92 Å². The number of nitrogens with zero attached hydrogens (tertiary/aromatic N) is 1. The Kier molecular flexibility index (Phi) is 9.50. The molecule has 0 saturated carbocycles. The number of likely N-dealkylation sites (N-methyl/N-ethyl adjacent to an activating group) is 1. The molecule has 236 valence electrons. The van der Waals surface area contributed by atoms with Crippen molar-refractivity contribution in [3.8, 4) is 5.75 Å². The number of nitrogens with two attached hydrogens (primary N) is 1. The van der Waals surface area contributed by atoms with Crippen LogP contribution < -0.4 is 15.8 Å². The van der Waals surface area contributed by atoms with Crippen molar-refractivity contribution in [1.29, 1.82) is 0 Å². The summed E-state index contributed by atoms with van der Waals surface area (Å²) in [5, 5.41) is 33.5. The number of nitrogens with one attached hydrogen (secondary N) is 1. The molecule has 1 aromatic carbocycles. The van der Waals surface area contributed by atoms with E-state index in [-0.39, 0.29) is 50.6 Å². The molecule has 4 rings (SSSR count). The third-order valence-electron chi connectivity index (χ3n) is 9.10. The highest BCUT2D eigenvalue weighted by Crippen LogP contribution is 2.61. The number of carbonyl (C=O) groups is 4. The molecule has 13 nitrogen and oxygen atoms in total. The molecule has 3 aliphatic rings. The Balaban J connectivity index is 1.45. The van der Waals surface area contributed by atoms with Crippen LogP contribution in [0.25, 0.3) is 0 Å². The number of amides is 1. The summed E-state index contributed by atoms with van der Waals surface area (Å²) in [5.41, 5.74) is 5.71. The fourth-order valence-corrected chi connectivity index (χ4v) is 6.53. The molecule has 0 bridgehead atoms. The summed E-state index contributed by atoms with van der Waals surface area (Å²) in [6.07, 6.45) is -0.338. The van der Waals surface area contributed by atoms with Gasteiger partial charge in [0.2, 0.25) is 5.91 Å². The maximum absolute atomic E-state index is 13.1. The van der Waals surface area contributed by atoms with Gasteiger partial charge in [0, 0.05) is 36.6 Å². The third kappa shape index (κ3) is 5.86. The number of hydrogen-bond acceptors (Lipinski definition) is 11. The topological polar surface area (TPSA) is 198 Å². The second kappa shape index (κ2) is 12.6. The fraction of sp³-hybridized carbons (Fsp3) is 0.600. The van der Waals surface area contributed by atoms with E-state index >= 15 is 0 Å². The number of benzene rings is 1. The summed E-state index contributed by atoms with van der Waals surface area (Å²) in [7, 11) is 1.95. The molecular weight excluding hydrogens is 562 g/mol. The summed E-state index contributed by atoms with van der Waals surface area (Å²) in [6.45, 7) is 5.54. The number of aliphatic carboxylic acids is 1. The maximum Gasteiger partial charge on any atom is 0.352 e. The van der Waals surface area contributed by atoms with E-state index in [1.54, 1.807) is 12.1 Å². The first kappa shape index (κ1) is 32.4. The van der Waals surface area contributed by atoms with Gasteiger partial charge in [0.1, 0.15) is 11.5 Å². The van der Waals surface area contributed by atoms with Gasteiger partial charge in [-0.15, -0.1) is 0 Å². The summed E-state index contributed by atoms with van der Waals surface area (Å²) < 4.78 is 17.5. The van der Waals surface area contributed by atoms with Crippen molar-refractivity contribution in [1.82, 2.24) is 10.2 Å². The monoisotopic (exact) mass is 603 g/mol. The highest BCUT2D eigenvalue weighted by molar-refractivity contribution is 5.83. The first-order chi connectivity index (χ1) is 20.3. The Labute approximate surface area is 250 Å². The summed E-state index contributed by atoms with van der Waals surface area (Å²) in [6, 6.07) is 2.39. The van der Waals surface area contributed by atoms with Crippen LogP contribution in [0.2, 0.25) is 0 Å². The summed E-state index contributed by atoms with van der Waals surface area (Å²) in [4.78, 5) is 50.2. The van der Waals surface area contributed by atoms with Crippen LogP contribution in [0.1, 0.15) is 62.6 Å². The van der Waals surface area contributed by atoms with Crippen molar-refractivity contribution in [3.63, 3.8) is 0 Å². The molecule has 1 saturated heterocycles. The van der Waals surface area contributed by atoms with Crippen molar-refractivity contribution in [2.75, 3.05) is 20.1 Å². The largest absolute Gasteiger partial charge is 0.481 e. The predicted molar refractivity (Wildman–Crippen MR) is 152 cm³/mol. The quantitative estimate of drug-likeness (QED) is 0.219. The van der Waals surface area contributed by atoms with Crippen molar-refractivity contribution in [3.05, 3.63) is 40.7 Å². The Hall–Kier alpha value is -3.52. The maximum atomic E-state index is 13.1. The zero-order chi connectivity index (χ0) is 31.7. The Bertz CT molecular complexity index is 1320. The van der Waals surface area contributed by atoms with E-state index in [0.29, 0.717) is 24.3 Å². The van der Waals surface area contributed by atoms with Crippen LogP contribution in [0.4, 0.5) is 0 Å². The molecular formula is C30H41N3O10. The zero-order valence-electron chi connectivity index (χ0n) is 24.9. The number of piperidine rings is 1. The standard InChI is InChI=1S/C30H41N3O10/c1-16-5-6-19(15-34)25-24(16)29-12-14-33(4)18(3)30(29,40)11-9-21(26(29)43-25)42-28(39)17(2)41-23(37)10-13-32-27(38)20(31)7-8-22(35)36/h5-6,9,17-18,20,26,34,40H,7-8,10-15,31H2,1-4H3,(H,32,38)(H,35,36)/t17-,18+,20-,26-,29-,30+/m0/s1. The fourth-order valence-electron chi connectivity index (χ4n) is 6.53. The second-order valence-corrected chi connectivity index (χ2v) is 11.6. The second-order valence-electron chi connectivity index (χ2n) is 11.6. The molecule has 13 heteroatoms. The van der Waals surface area contributed by atoms with Crippen molar-refractivity contribution in [2.45, 2.75) is 94.8 Å². The van der Waals surface area contributed by atoms with Crippen LogP contribution in [0.15, 0.2) is 24.0 Å². The number of ether oxygens (including phenoxy) is 3. The molecule has 2 heterocycles. The van der Waals surface area contributed by atoms with Crippen LogP contribution in [-0.4, -0.2) is 94.1 Å². The summed E-state index contributed by atoms with van der Waals surface area (Å²) >= 11 is 0. The molecule has 6 N–H and O–H groups in total. The molecule has 1 spiro atoms. The molecule has 1 aromatic rings. The van der Waals surface area contributed by atoms with Gasteiger partial charge in [0.05, 0.1) is 30.1 Å². The number of carbonyl (C=O) groups excluding carboxylic acids is 3. The van der Waals surface area contributed by atoms with Crippen LogP contribution >= 0.6 is 0 Å². The van der Waals surface area contributed by atoms with E-state index in [4.69, 9.17) is 25.1 Å². The molecule has 2 aliphatic heterocycles. The lowest BCUT2D eigenvalue weighted by molar-refractivity contribution is -0.171. The number of aryl methyl sites for hydroxylation is 1. The average molecular weight is 604 g/mol. The number of rotatable bonds is 11. The van der Waals surface area contributed by atoms with Gasteiger partial charge < -0.3 is 45.5 Å². The van der Waals surface area contributed by atoms with E-state index in [2.05, 4.69) is 10.2 Å². The van der Waals surface area contributed by atoms with Crippen molar-refractivity contribution >= 4 is 23.8 Å². The minimum atomic E-state index is -1.28. The number of likely N-dealkylation sites (tertiary alicyclic amines) is 1. The van der Waals surface area contributed by atoms with Crippen LogP contribution in [-0.2, 0) is 40.7 Å². The van der Waals surface area contributed by atoms with E-state index in [1.807, 2.05) is 27.0 Å². The number of aliphatic hydroxyl groups is 2. The number of aliphatic hydroxyl groups excluding tert-OH is 1. The molecule has 1 aliphatic carbocycles. The third-order valence-corrected chi connectivity index (χ3v) is 9.10. The van der Waals surface area contributed by atoms with E-state index in [9.17, 15) is 29.4 Å². The molecule has 0 radical (unpaired) electrons.